The molecule has 0 aliphatic rings. The minimum absolute atomic E-state index is 0.0597. The maximum absolute atomic E-state index is 13.0. The molecule has 0 bridgehead atoms. The van der Waals surface area contributed by atoms with Gasteiger partial charge in [0.2, 0.25) is 11.8 Å². The molecule has 0 spiro atoms. The Morgan fingerprint density at radius 2 is 1.68 bits per heavy atom. The van der Waals surface area contributed by atoms with Gasteiger partial charge in [0.25, 0.3) is 0 Å². The van der Waals surface area contributed by atoms with Crippen molar-refractivity contribution in [2.24, 2.45) is 0 Å². The van der Waals surface area contributed by atoms with Crippen LogP contribution in [-0.2, 0) is 22.6 Å². The molecule has 2 aromatic carbocycles. The van der Waals surface area contributed by atoms with E-state index in [9.17, 15) is 9.59 Å². The lowest BCUT2D eigenvalue weighted by atomic mass is 10.1. The van der Waals surface area contributed by atoms with Gasteiger partial charge in [-0.3, -0.25) is 9.59 Å². The highest BCUT2D eigenvalue weighted by Crippen LogP contribution is 2.18. The van der Waals surface area contributed by atoms with E-state index in [1.54, 1.807) is 11.8 Å². The molecule has 2 atom stereocenters. The molecule has 4 nitrogen and oxygen atoms in total. The lowest BCUT2D eigenvalue weighted by Crippen LogP contribution is -2.49. The summed E-state index contributed by atoms with van der Waals surface area (Å²) < 4.78 is 0. The average molecular weight is 401 g/mol. The summed E-state index contributed by atoms with van der Waals surface area (Å²) in [6.45, 7) is 6.17. The summed E-state index contributed by atoms with van der Waals surface area (Å²) in [6.07, 6.45) is 1.69. The molecule has 2 rings (SSSR count). The van der Waals surface area contributed by atoms with Crippen LogP contribution in [0.3, 0.4) is 0 Å². The topological polar surface area (TPSA) is 49.4 Å². The number of hydrogen-bond acceptors (Lipinski definition) is 2. The zero-order chi connectivity index (χ0) is 20.5. The summed E-state index contributed by atoms with van der Waals surface area (Å²) in [4.78, 5) is 27.3. The van der Waals surface area contributed by atoms with Gasteiger partial charge in [0.15, 0.2) is 0 Å². The molecule has 28 heavy (non-hydrogen) atoms. The average Bonchev–Trinajstić information content (AvgIpc) is 2.71. The number of carbonyl (C=O) groups excluding carboxylic acids is 2. The molecule has 5 heteroatoms. The first-order chi connectivity index (χ1) is 13.4. The van der Waals surface area contributed by atoms with Crippen molar-refractivity contribution < 1.29 is 9.59 Å². The molecule has 1 N–H and O–H groups in total. The molecule has 0 fully saturated rings. The lowest BCUT2D eigenvalue weighted by Gasteiger charge is -2.30. The Balaban J connectivity index is 2.13. The van der Waals surface area contributed by atoms with Crippen LogP contribution in [0.4, 0.5) is 0 Å². The second-order valence-corrected chi connectivity index (χ2v) is 7.50. The molecule has 0 aliphatic carbocycles. The quantitative estimate of drug-likeness (QED) is 0.668. The minimum atomic E-state index is -0.548. The first kappa shape index (κ1) is 22.0. The number of hydrogen-bond donors (Lipinski definition) is 1. The number of aryl methyl sites for hydroxylation is 1. The molecule has 0 radical (unpaired) electrons. The van der Waals surface area contributed by atoms with Gasteiger partial charge in [-0.2, -0.15) is 0 Å². The Morgan fingerprint density at radius 3 is 2.32 bits per heavy atom. The monoisotopic (exact) mass is 400 g/mol. The van der Waals surface area contributed by atoms with E-state index < -0.39 is 6.04 Å². The Morgan fingerprint density at radius 1 is 1.04 bits per heavy atom. The molecule has 0 aliphatic heterocycles. The van der Waals surface area contributed by atoms with E-state index >= 15 is 0 Å². The van der Waals surface area contributed by atoms with Crippen molar-refractivity contribution in [1.29, 1.82) is 0 Å². The molecule has 0 saturated heterocycles. The van der Waals surface area contributed by atoms with Crippen LogP contribution in [0.5, 0.6) is 0 Å². The van der Waals surface area contributed by atoms with Gasteiger partial charge in [0.05, 0.1) is 0 Å². The van der Waals surface area contributed by atoms with Crippen LogP contribution in [-0.4, -0.2) is 28.8 Å². The molecule has 2 amide bonds. The minimum Gasteiger partial charge on any atom is -0.352 e. The summed E-state index contributed by atoms with van der Waals surface area (Å²) in [6, 6.07) is 16.8. The van der Waals surface area contributed by atoms with Crippen LogP contribution < -0.4 is 5.32 Å². The Labute approximate surface area is 172 Å². The van der Waals surface area contributed by atoms with Gasteiger partial charge >= 0.3 is 0 Å². The predicted octanol–water partition coefficient (Wildman–Crippen LogP) is 4.60. The number of amides is 2. The number of rotatable bonds is 9. The largest absolute Gasteiger partial charge is 0.352 e. The van der Waals surface area contributed by atoms with Gasteiger partial charge in [-0.25, -0.2) is 0 Å². The first-order valence-corrected chi connectivity index (χ1v) is 10.2. The van der Waals surface area contributed by atoms with E-state index in [4.69, 9.17) is 11.6 Å². The maximum Gasteiger partial charge on any atom is 0.242 e. The van der Waals surface area contributed by atoms with Crippen molar-refractivity contribution in [2.75, 3.05) is 0 Å². The number of carbonyl (C=O) groups is 2. The summed E-state index contributed by atoms with van der Waals surface area (Å²) in [5, 5.41) is 3.64. The first-order valence-electron chi connectivity index (χ1n) is 9.79. The molecule has 0 saturated carbocycles. The highest BCUT2D eigenvalue weighted by molar-refractivity contribution is 6.31. The van der Waals surface area contributed by atoms with Gasteiger partial charge in [0, 0.05) is 24.0 Å². The predicted molar refractivity (Wildman–Crippen MR) is 114 cm³/mol. The Bertz CT molecular complexity index is 779. The number of halogens is 1. The Kier molecular flexibility index (Phi) is 8.52. The summed E-state index contributed by atoms with van der Waals surface area (Å²) >= 11 is 6.21. The number of benzene rings is 2. The zero-order valence-corrected chi connectivity index (χ0v) is 17.6. The molecule has 0 heterocycles. The summed E-state index contributed by atoms with van der Waals surface area (Å²) in [7, 11) is 0. The third-order valence-electron chi connectivity index (χ3n) is 4.93. The van der Waals surface area contributed by atoms with E-state index in [-0.39, 0.29) is 17.9 Å². The van der Waals surface area contributed by atoms with E-state index in [1.807, 2.05) is 68.4 Å². The molecule has 0 unspecified atom stereocenters. The summed E-state index contributed by atoms with van der Waals surface area (Å²) in [5.41, 5.74) is 1.94. The van der Waals surface area contributed by atoms with Gasteiger partial charge in [0.1, 0.15) is 6.04 Å². The molecule has 150 valence electrons. The van der Waals surface area contributed by atoms with E-state index in [0.717, 1.165) is 17.5 Å². The fourth-order valence-corrected chi connectivity index (χ4v) is 3.14. The van der Waals surface area contributed by atoms with Crippen molar-refractivity contribution in [3.8, 4) is 0 Å². The third-order valence-corrected chi connectivity index (χ3v) is 5.30. The Hall–Kier alpha value is -2.33. The second kappa shape index (κ2) is 10.9. The lowest BCUT2D eigenvalue weighted by molar-refractivity contribution is -0.140. The van der Waals surface area contributed by atoms with Gasteiger partial charge in [-0.1, -0.05) is 67.1 Å². The van der Waals surface area contributed by atoms with Gasteiger partial charge < -0.3 is 10.2 Å². The van der Waals surface area contributed by atoms with E-state index in [2.05, 4.69) is 5.32 Å². The van der Waals surface area contributed by atoms with Crippen LogP contribution in [0.25, 0.3) is 0 Å². The standard InChI is InChI=1S/C23H29ClN2O2/c1-4-17(2)25-23(28)18(3)26(16-19-10-6-5-7-11-19)22(27)15-14-20-12-8-9-13-21(20)24/h5-13,17-18H,4,14-16H2,1-3H3,(H,25,28)/t17-,18+/m1/s1. The molecule has 0 aromatic heterocycles. The van der Waals surface area contributed by atoms with Gasteiger partial charge in [-0.05, 0) is 43.9 Å². The van der Waals surface area contributed by atoms with E-state index in [1.165, 1.54) is 0 Å². The van der Waals surface area contributed by atoms with Crippen LogP contribution in [0.2, 0.25) is 5.02 Å². The molecular weight excluding hydrogens is 372 g/mol. The fraction of sp³-hybridized carbons (Fsp3) is 0.391. The molecular formula is C23H29ClN2O2. The zero-order valence-electron chi connectivity index (χ0n) is 16.8. The molecule has 2 aromatic rings. The van der Waals surface area contributed by atoms with Crippen LogP contribution in [0, 0.1) is 0 Å². The number of nitrogens with zero attached hydrogens (tertiary/aromatic N) is 1. The number of nitrogens with one attached hydrogen (secondary N) is 1. The van der Waals surface area contributed by atoms with Crippen LogP contribution in [0.1, 0.15) is 44.7 Å². The maximum atomic E-state index is 13.0. The SMILES string of the molecule is CC[C@@H](C)NC(=O)[C@H](C)N(Cc1ccccc1)C(=O)CCc1ccccc1Cl. The normalized spacial score (nSPS) is 12.9. The smallest absolute Gasteiger partial charge is 0.242 e. The van der Waals surface area contributed by atoms with Crippen molar-refractivity contribution in [2.45, 2.75) is 58.7 Å². The van der Waals surface area contributed by atoms with Crippen molar-refractivity contribution in [1.82, 2.24) is 10.2 Å². The van der Waals surface area contributed by atoms with E-state index in [0.29, 0.717) is 24.4 Å². The summed E-state index contributed by atoms with van der Waals surface area (Å²) in [5.74, 6) is -0.188. The highest BCUT2D eigenvalue weighted by atomic mass is 35.5. The van der Waals surface area contributed by atoms with Crippen molar-refractivity contribution in [3.05, 3.63) is 70.7 Å². The van der Waals surface area contributed by atoms with Gasteiger partial charge in [-0.15, -0.1) is 0 Å². The van der Waals surface area contributed by atoms with Crippen LogP contribution >= 0.6 is 11.6 Å². The van der Waals surface area contributed by atoms with Crippen molar-refractivity contribution >= 4 is 23.4 Å². The fourth-order valence-electron chi connectivity index (χ4n) is 2.91. The second-order valence-electron chi connectivity index (χ2n) is 7.09. The highest BCUT2D eigenvalue weighted by Gasteiger charge is 2.26. The van der Waals surface area contributed by atoms with Crippen molar-refractivity contribution in [3.63, 3.8) is 0 Å². The van der Waals surface area contributed by atoms with Crippen LogP contribution in [0.15, 0.2) is 54.6 Å². The third kappa shape index (κ3) is 6.38.